The van der Waals surface area contributed by atoms with Crippen molar-refractivity contribution in [2.24, 2.45) is 0 Å². The van der Waals surface area contributed by atoms with E-state index in [9.17, 15) is 14.4 Å². The summed E-state index contributed by atoms with van der Waals surface area (Å²) >= 11 is 0. The molecule has 2 amide bonds. The Morgan fingerprint density at radius 2 is 1.83 bits per heavy atom. The molecule has 3 N–H and O–H groups in total. The topological polar surface area (TPSA) is 95.5 Å². The normalized spacial score (nSPS) is 10.1. The number of carbonyl (C=O) groups is 3. The van der Waals surface area contributed by atoms with Crippen molar-refractivity contribution in [3.05, 3.63) is 29.8 Å². The van der Waals surface area contributed by atoms with E-state index in [1.165, 1.54) is 0 Å². The number of aliphatic carboxylic acids is 1. The lowest BCUT2D eigenvalue weighted by Gasteiger charge is -2.08. The maximum Gasteiger partial charge on any atom is 0.303 e. The van der Waals surface area contributed by atoms with Gasteiger partial charge in [-0.3, -0.25) is 14.4 Å². The fourth-order valence-electron chi connectivity index (χ4n) is 2.05. The fourth-order valence-corrected chi connectivity index (χ4v) is 2.05. The molecular formula is C17H24N2O4. The van der Waals surface area contributed by atoms with Crippen LogP contribution in [0.25, 0.3) is 0 Å². The van der Waals surface area contributed by atoms with E-state index in [2.05, 4.69) is 10.6 Å². The second-order valence-electron chi connectivity index (χ2n) is 5.30. The minimum Gasteiger partial charge on any atom is -0.481 e. The van der Waals surface area contributed by atoms with E-state index in [1.54, 1.807) is 31.2 Å². The molecule has 0 radical (unpaired) electrons. The van der Waals surface area contributed by atoms with Crippen LogP contribution in [-0.4, -0.2) is 29.4 Å². The summed E-state index contributed by atoms with van der Waals surface area (Å²) in [5.74, 6) is -1.04. The highest BCUT2D eigenvalue weighted by Crippen LogP contribution is 2.11. The Balaban J connectivity index is 2.30. The second kappa shape index (κ2) is 10.4. The molecule has 1 rings (SSSR count). The van der Waals surface area contributed by atoms with E-state index in [-0.39, 0.29) is 18.2 Å². The molecular weight excluding hydrogens is 296 g/mol. The Morgan fingerprint density at radius 3 is 2.52 bits per heavy atom. The van der Waals surface area contributed by atoms with Crippen molar-refractivity contribution in [3.8, 4) is 0 Å². The van der Waals surface area contributed by atoms with Crippen LogP contribution >= 0.6 is 0 Å². The summed E-state index contributed by atoms with van der Waals surface area (Å²) in [5.41, 5.74) is 1.11. The van der Waals surface area contributed by atoms with Crippen molar-refractivity contribution in [1.82, 2.24) is 5.32 Å². The zero-order chi connectivity index (χ0) is 17.1. The first kappa shape index (κ1) is 18.7. The van der Waals surface area contributed by atoms with Crippen molar-refractivity contribution >= 4 is 23.5 Å². The third-order valence-corrected chi connectivity index (χ3v) is 3.33. The second-order valence-corrected chi connectivity index (χ2v) is 5.30. The van der Waals surface area contributed by atoms with Crippen LogP contribution in [0.4, 0.5) is 5.69 Å². The fraction of sp³-hybridized carbons (Fsp3) is 0.471. The van der Waals surface area contributed by atoms with E-state index >= 15 is 0 Å². The quantitative estimate of drug-likeness (QED) is 0.578. The van der Waals surface area contributed by atoms with Crippen LogP contribution in [0.2, 0.25) is 0 Å². The van der Waals surface area contributed by atoms with Gasteiger partial charge in [0, 0.05) is 30.6 Å². The minimum absolute atomic E-state index is 0.0936. The molecule has 0 aliphatic heterocycles. The average Bonchev–Trinajstić information content (AvgIpc) is 2.53. The van der Waals surface area contributed by atoms with Gasteiger partial charge in [-0.25, -0.2) is 0 Å². The molecule has 0 aliphatic carbocycles. The van der Waals surface area contributed by atoms with Crippen LogP contribution in [0.15, 0.2) is 24.3 Å². The number of amides is 2. The summed E-state index contributed by atoms with van der Waals surface area (Å²) in [7, 11) is 0. The Labute approximate surface area is 136 Å². The van der Waals surface area contributed by atoms with Crippen LogP contribution in [0.5, 0.6) is 0 Å². The zero-order valence-electron chi connectivity index (χ0n) is 13.4. The van der Waals surface area contributed by atoms with E-state index < -0.39 is 5.97 Å². The number of hydrogen-bond acceptors (Lipinski definition) is 3. The summed E-state index contributed by atoms with van der Waals surface area (Å²) < 4.78 is 0. The van der Waals surface area contributed by atoms with Gasteiger partial charge in [0.2, 0.25) is 5.91 Å². The molecule has 0 spiro atoms. The van der Waals surface area contributed by atoms with Crippen LogP contribution in [0, 0.1) is 0 Å². The Bertz CT molecular complexity index is 543. The van der Waals surface area contributed by atoms with Crippen molar-refractivity contribution in [1.29, 1.82) is 0 Å². The van der Waals surface area contributed by atoms with Crippen LogP contribution in [0.3, 0.4) is 0 Å². The Hall–Kier alpha value is -2.37. The third kappa shape index (κ3) is 7.99. The molecule has 0 saturated heterocycles. The Morgan fingerprint density at radius 1 is 1.09 bits per heavy atom. The number of anilines is 1. The van der Waals surface area contributed by atoms with Gasteiger partial charge in [-0.15, -0.1) is 0 Å². The molecule has 0 heterocycles. The number of rotatable bonds is 10. The van der Waals surface area contributed by atoms with Gasteiger partial charge in [0.1, 0.15) is 0 Å². The highest BCUT2D eigenvalue weighted by molar-refractivity contribution is 5.97. The lowest BCUT2D eigenvalue weighted by Crippen LogP contribution is -2.24. The zero-order valence-corrected chi connectivity index (χ0v) is 13.4. The first-order chi connectivity index (χ1) is 11.0. The molecule has 0 saturated carbocycles. The number of benzene rings is 1. The van der Waals surface area contributed by atoms with E-state index in [1.807, 2.05) is 0 Å². The SMILES string of the molecule is CCC(=O)Nc1cccc(C(=O)NCCCCCCC(=O)O)c1. The predicted octanol–water partition coefficient (Wildman–Crippen LogP) is 2.80. The molecule has 126 valence electrons. The van der Waals surface area contributed by atoms with Crippen molar-refractivity contribution in [2.45, 2.75) is 45.4 Å². The van der Waals surface area contributed by atoms with Crippen molar-refractivity contribution in [3.63, 3.8) is 0 Å². The van der Waals surface area contributed by atoms with E-state index in [0.717, 1.165) is 19.3 Å². The highest BCUT2D eigenvalue weighted by atomic mass is 16.4. The molecule has 23 heavy (non-hydrogen) atoms. The van der Waals surface area contributed by atoms with E-state index in [4.69, 9.17) is 5.11 Å². The lowest BCUT2D eigenvalue weighted by atomic mass is 10.1. The molecule has 0 aliphatic rings. The monoisotopic (exact) mass is 320 g/mol. The molecule has 0 unspecified atom stereocenters. The van der Waals surface area contributed by atoms with E-state index in [0.29, 0.717) is 30.6 Å². The number of unbranched alkanes of at least 4 members (excludes halogenated alkanes) is 3. The Kier molecular flexibility index (Phi) is 8.42. The van der Waals surface area contributed by atoms with Gasteiger partial charge in [-0.2, -0.15) is 0 Å². The summed E-state index contributed by atoms with van der Waals surface area (Å²) in [6, 6.07) is 6.82. The van der Waals surface area contributed by atoms with Gasteiger partial charge in [0.05, 0.1) is 0 Å². The van der Waals surface area contributed by atoms with Crippen LogP contribution in [0.1, 0.15) is 55.8 Å². The van der Waals surface area contributed by atoms with Gasteiger partial charge < -0.3 is 15.7 Å². The average molecular weight is 320 g/mol. The molecule has 6 heteroatoms. The summed E-state index contributed by atoms with van der Waals surface area (Å²) in [6.07, 6.45) is 3.81. The molecule has 1 aromatic rings. The van der Waals surface area contributed by atoms with Gasteiger partial charge in [0.15, 0.2) is 0 Å². The standard InChI is InChI=1S/C17H24N2O4/c1-2-15(20)19-14-9-7-8-13(12-14)17(23)18-11-6-4-3-5-10-16(21)22/h7-9,12H,2-6,10-11H2,1H3,(H,18,23)(H,19,20)(H,21,22). The third-order valence-electron chi connectivity index (χ3n) is 3.33. The van der Waals surface area contributed by atoms with Gasteiger partial charge >= 0.3 is 5.97 Å². The number of nitrogens with one attached hydrogen (secondary N) is 2. The first-order valence-electron chi connectivity index (χ1n) is 7.93. The largest absolute Gasteiger partial charge is 0.481 e. The van der Waals surface area contributed by atoms with Crippen LogP contribution < -0.4 is 10.6 Å². The predicted molar refractivity (Wildman–Crippen MR) is 88.4 cm³/mol. The van der Waals surface area contributed by atoms with Gasteiger partial charge in [0.25, 0.3) is 5.91 Å². The molecule has 0 atom stereocenters. The molecule has 0 fully saturated rings. The van der Waals surface area contributed by atoms with Crippen LogP contribution in [-0.2, 0) is 9.59 Å². The number of carbonyl (C=O) groups excluding carboxylic acids is 2. The lowest BCUT2D eigenvalue weighted by molar-refractivity contribution is -0.137. The minimum atomic E-state index is -0.770. The maximum atomic E-state index is 12.0. The van der Waals surface area contributed by atoms with Gasteiger partial charge in [-0.05, 0) is 31.0 Å². The number of carboxylic acids is 1. The van der Waals surface area contributed by atoms with Crippen molar-refractivity contribution < 1.29 is 19.5 Å². The number of carboxylic acid groups (broad SMARTS) is 1. The smallest absolute Gasteiger partial charge is 0.303 e. The summed E-state index contributed by atoms with van der Waals surface area (Å²) in [4.78, 5) is 33.7. The molecule has 1 aromatic carbocycles. The molecule has 0 bridgehead atoms. The maximum absolute atomic E-state index is 12.0. The first-order valence-corrected chi connectivity index (χ1v) is 7.93. The molecule has 6 nitrogen and oxygen atoms in total. The van der Waals surface area contributed by atoms with Crippen molar-refractivity contribution in [2.75, 3.05) is 11.9 Å². The van der Waals surface area contributed by atoms with Gasteiger partial charge in [-0.1, -0.05) is 25.8 Å². The molecule has 0 aromatic heterocycles. The highest BCUT2D eigenvalue weighted by Gasteiger charge is 2.06. The summed E-state index contributed by atoms with van der Waals surface area (Å²) in [6.45, 7) is 2.32. The number of hydrogen-bond donors (Lipinski definition) is 3. The summed E-state index contributed by atoms with van der Waals surface area (Å²) in [5, 5.41) is 14.1.